The highest BCUT2D eigenvalue weighted by Gasteiger charge is 2.73. The normalized spacial score (nSPS) is 42.5. The second-order valence-corrected chi connectivity index (χ2v) is 6.74. The average molecular weight is 282 g/mol. The largest absolute Gasteiger partial charge is 0.479 e. The fourth-order valence-electron chi connectivity index (χ4n) is 4.78. The van der Waals surface area contributed by atoms with Crippen LogP contribution in [0.3, 0.4) is 0 Å². The molecule has 0 aromatic heterocycles. The van der Waals surface area contributed by atoms with Gasteiger partial charge in [-0.25, -0.2) is 9.59 Å². The van der Waals surface area contributed by atoms with Gasteiger partial charge < -0.3 is 15.7 Å². The molecule has 0 aromatic rings. The van der Waals surface area contributed by atoms with E-state index in [0.29, 0.717) is 18.9 Å². The topological polar surface area (TPSA) is 78.4 Å². The third kappa shape index (κ3) is 1.61. The summed E-state index contributed by atoms with van der Waals surface area (Å²) in [6, 6.07) is -0.373. The molecule has 2 aliphatic carbocycles. The number of urea groups is 1. The molecule has 20 heavy (non-hydrogen) atoms. The molecule has 5 nitrogen and oxygen atoms in total. The Labute approximate surface area is 120 Å². The zero-order chi connectivity index (χ0) is 15.2. The summed E-state index contributed by atoms with van der Waals surface area (Å²) in [7, 11) is 0. The van der Waals surface area contributed by atoms with Gasteiger partial charge in [-0.3, -0.25) is 0 Å². The van der Waals surface area contributed by atoms with Gasteiger partial charge in [0.25, 0.3) is 0 Å². The highest BCUT2D eigenvalue weighted by Crippen LogP contribution is 2.71. The summed E-state index contributed by atoms with van der Waals surface area (Å²) < 4.78 is 0. The maximum atomic E-state index is 12.0. The van der Waals surface area contributed by atoms with Gasteiger partial charge in [-0.05, 0) is 43.9 Å². The lowest BCUT2D eigenvalue weighted by Gasteiger charge is -2.47. The van der Waals surface area contributed by atoms with Gasteiger partial charge in [0.05, 0.1) is 0 Å². The van der Waals surface area contributed by atoms with Crippen LogP contribution < -0.4 is 10.6 Å². The number of carbonyl (C=O) groups is 2. The van der Waals surface area contributed by atoms with Crippen LogP contribution in [0, 0.1) is 16.7 Å². The van der Waals surface area contributed by atoms with E-state index in [9.17, 15) is 14.7 Å². The Balaban J connectivity index is 2.41. The van der Waals surface area contributed by atoms with Gasteiger partial charge in [-0.15, -0.1) is 0 Å². The first kappa shape index (κ1) is 15.1. The number of amides is 2. The molecule has 0 saturated heterocycles. The van der Waals surface area contributed by atoms with Crippen molar-refractivity contribution in [3.63, 3.8) is 0 Å². The van der Waals surface area contributed by atoms with Gasteiger partial charge in [0.1, 0.15) is 5.54 Å². The predicted molar refractivity (Wildman–Crippen MR) is 76.4 cm³/mol. The van der Waals surface area contributed by atoms with Crippen molar-refractivity contribution in [2.75, 3.05) is 6.54 Å². The van der Waals surface area contributed by atoms with Crippen LogP contribution in [-0.4, -0.2) is 29.2 Å². The Kier molecular flexibility index (Phi) is 3.51. The van der Waals surface area contributed by atoms with Gasteiger partial charge >= 0.3 is 12.0 Å². The lowest BCUT2D eigenvalue weighted by Crippen LogP contribution is -2.65. The molecular weight excluding hydrogens is 256 g/mol. The molecular formula is C15H26N2O3. The molecule has 0 radical (unpaired) electrons. The molecule has 2 fully saturated rings. The van der Waals surface area contributed by atoms with Crippen LogP contribution in [0.4, 0.5) is 4.79 Å². The number of carboxylic acids is 1. The summed E-state index contributed by atoms with van der Waals surface area (Å²) in [6.45, 7) is 8.68. The summed E-state index contributed by atoms with van der Waals surface area (Å²) in [5.74, 6) is -0.524. The molecule has 0 aliphatic heterocycles. The molecule has 2 bridgehead atoms. The first-order valence-corrected chi connectivity index (χ1v) is 7.57. The molecule has 4 atom stereocenters. The fraction of sp³-hybridized carbons (Fsp3) is 0.867. The number of fused-ring (bicyclic) bond motifs is 2. The van der Waals surface area contributed by atoms with Crippen LogP contribution >= 0.6 is 0 Å². The number of hydrogen-bond acceptors (Lipinski definition) is 2. The van der Waals surface area contributed by atoms with Crippen molar-refractivity contribution < 1.29 is 14.7 Å². The third-order valence-corrected chi connectivity index (χ3v) is 6.41. The molecule has 3 N–H and O–H groups in total. The molecule has 5 heteroatoms. The van der Waals surface area contributed by atoms with Crippen LogP contribution in [0.15, 0.2) is 0 Å². The third-order valence-electron chi connectivity index (χ3n) is 6.41. The van der Waals surface area contributed by atoms with Crippen molar-refractivity contribution in [2.24, 2.45) is 16.7 Å². The van der Waals surface area contributed by atoms with E-state index in [1.807, 2.05) is 13.8 Å². The van der Waals surface area contributed by atoms with Crippen LogP contribution in [0.25, 0.3) is 0 Å². The van der Waals surface area contributed by atoms with E-state index >= 15 is 0 Å². The lowest BCUT2D eigenvalue weighted by molar-refractivity contribution is -0.151. The molecule has 2 saturated carbocycles. The molecule has 2 amide bonds. The summed E-state index contributed by atoms with van der Waals surface area (Å²) >= 11 is 0. The van der Waals surface area contributed by atoms with Crippen molar-refractivity contribution in [3.8, 4) is 0 Å². The van der Waals surface area contributed by atoms with E-state index in [1.54, 1.807) is 0 Å². The molecule has 2 rings (SSSR count). The van der Waals surface area contributed by atoms with E-state index in [1.165, 1.54) is 0 Å². The second-order valence-electron chi connectivity index (χ2n) is 6.74. The van der Waals surface area contributed by atoms with Crippen molar-refractivity contribution >= 4 is 12.0 Å². The van der Waals surface area contributed by atoms with Gasteiger partial charge in [0.15, 0.2) is 0 Å². The van der Waals surface area contributed by atoms with E-state index < -0.39 is 16.9 Å². The zero-order valence-electron chi connectivity index (χ0n) is 12.9. The number of hydrogen-bond donors (Lipinski definition) is 3. The van der Waals surface area contributed by atoms with E-state index in [4.69, 9.17) is 0 Å². The van der Waals surface area contributed by atoms with Crippen molar-refractivity contribution in [1.29, 1.82) is 0 Å². The molecule has 0 spiro atoms. The zero-order valence-corrected chi connectivity index (χ0v) is 12.9. The molecule has 114 valence electrons. The molecule has 2 aliphatic rings. The number of rotatable bonds is 4. The maximum absolute atomic E-state index is 12.0. The van der Waals surface area contributed by atoms with Gasteiger partial charge in [0.2, 0.25) is 0 Å². The van der Waals surface area contributed by atoms with E-state index in [0.717, 1.165) is 19.3 Å². The monoisotopic (exact) mass is 282 g/mol. The fourth-order valence-corrected chi connectivity index (χ4v) is 4.78. The van der Waals surface area contributed by atoms with Crippen LogP contribution in [0.2, 0.25) is 0 Å². The summed E-state index contributed by atoms with van der Waals surface area (Å²) in [5.41, 5.74) is -1.55. The first-order valence-electron chi connectivity index (χ1n) is 7.57. The summed E-state index contributed by atoms with van der Waals surface area (Å²) in [4.78, 5) is 24.0. The molecule has 0 heterocycles. The SMILES string of the molecule is CCNC(=O)N[C@@]1(C(=O)O)C[C@@H]2CC[C@@]1(C)[C@]2(C)CC. The highest BCUT2D eigenvalue weighted by molar-refractivity contribution is 5.88. The van der Waals surface area contributed by atoms with E-state index in [2.05, 4.69) is 24.5 Å². The number of carboxylic acid groups (broad SMARTS) is 1. The minimum absolute atomic E-state index is 0.0229. The number of aliphatic carboxylic acids is 1. The second kappa shape index (κ2) is 4.64. The Bertz CT molecular complexity index is 439. The minimum atomic E-state index is -1.14. The Morgan fingerprint density at radius 1 is 1.30 bits per heavy atom. The lowest BCUT2D eigenvalue weighted by atomic mass is 9.61. The number of carbonyl (C=O) groups excluding carboxylic acids is 1. The first-order chi connectivity index (χ1) is 9.27. The summed E-state index contributed by atoms with van der Waals surface area (Å²) in [5, 5.41) is 15.3. The Morgan fingerprint density at radius 2 is 1.95 bits per heavy atom. The van der Waals surface area contributed by atoms with Crippen molar-refractivity contribution in [1.82, 2.24) is 10.6 Å². The van der Waals surface area contributed by atoms with Gasteiger partial charge in [-0.2, -0.15) is 0 Å². The van der Waals surface area contributed by atoms with Gasteiger partial charge in [-0.1, -0.05) is 20.8 Å². The summed E-state index contributed by atoms with van der Waals surface area (Å²) in [6.07, 6.45) is 3.41. The Hall–Kier alpha value is -1.26. The van der Waals surface area contributed by atoms with Crippen LogP contribution in [-0.2, 0) is 4.79 Å². The van der Waals surface area contributed by atoms with E-state index in [-0.39, 0.29) is 11.4 Å². The van der Waals surface area contributed by atoms with Crippen molar-refractivity contribution in [2.45, 2.75) is 58.9 Å². The minimum Gasteiger partial charge on any atom is -0.479 e. The quantitative estimate of drug-likeness (QED) is 0.740. The van der Waals surface area contributed by atoms with Gasteiger partial charge in [0, 0.05) is 12.0 Å². The number of nitrogens with one attached hydrogen (secondary N) is 2. The maximum Gasteiger partial charge on any atom is 0.330 e. The van der Waals surface area contributed by atoms with Crippen LogP contribution in [0.1, 0.15) is 53.4 Å². The standard InChI is InChI=1S/C15H26N2O3/c1-5-13(3)10-7-8-14(13,4)15(9-10,11(18)19)17-12(20)16-6-2/h10H,5-9H2,1-4H3,(H,18,19)(H2,16,17,20)/t10-,13+,14-,15+/m0/s1. The highest BCUT2D eigenvalue weighted by atomic mass is 16.4. The Morgan fingerprint density at radius 3 is 2.40 bits per heavy atom. The van der Waals surface area contributed by atoms with Crippen LogP contribution in [0.5, 0.6) is 0 Å². The average Bonchev–Trinajstić information content (AvgIpc) is 2.73. The smallest absolute Gasteiger partial charge is 0.330 e. The molecule has 0 unspecified atom stereocenters. The van der Waals surface area contributed by atoms with Crippen molar-refractivity contribution in [3.05, 3.63) is 0 Å². The predicted octanol–water partition coefficient (Wildman–Crippen LogP) is 2.37. The molecule has 0 aromatic carbocycles.